The molecule has 2 aromatic rings. The summed E-state index contributed by atoms with van der Waals surface area (Å²) >= 11 is 0. The molecule has 0 radical (unpaired) electrons. The molecule has 2 heterocycles. The molecule has 0 unspecified atom stereocenters. The number of rotatable bonds is 8. The Labute approximate surface area is 203 Å². The van der Waals surface area contributed by atoms with Crippen molar-refractivity contribution in [2.75, 3.05) is 45.0 Å². The molecule has 0 aromatic heterocycles. The number of hydrogen-bond donors (Lipinski definition) is 1. The molecule has 2 fully saturated rings. The molecule has 9 heteroatoms. The molecular weight excluding hydrogens is 450 g/mol. The van der Waals surface area contributed by atoms with Crippen LogP contribution in [0.3, 0.4) is 0 Å². The van der Waals surface area contributed by atoms with Gasteiger partial charge in [0.1, 0.15) is 5.57 Å². The summed E-state index contributed by atoms with van der Waals surface area (Å²) in [5.74, 6) is -0.289. The fraction of sp³-hybridized carbons (Fsp3) is 0.269. The number of morpholine rings is 1. The number of hydrazine groups is 1. The van der Waals surface area contributed by atoms with Crippen LogP contribution < -0.4 is 19.9 Å². The van der Waals surface area contributed by atoms with Crippen LogP contribution in [0.5, 0.6) is 11.5 Å². The van der Waals surface area contributed by atoms with Crippen molar-refractivity contribution >= 4 is 29.5 Å². The summed E-state index contributed by atoms with van der Waals surface area (Å²) in [7, 11) is 1.49. The Morgan fingerprint density at radius 2 is 1.91 bits per heavy atom. The van der Waals surface area contributed by atoms with E-state index in [-0.39, 0.29) is 18.1 Å². The van der Waals surface area contributed by atoms with Crippen LogP contribution in [-0.4, -0.2) is 62.6 Å². The van der Waals surface area contributed by atoms with Gasteiger partial charge >= 0.3 is 0 Å². The normalized spacial score (nSPS) is 16.9. The average molecular weight is 478 g/mol. The molecule has 2 aliphatic heterocycles. The summed E-state index contributed by atoms with van der Waals surface area (Å²) in [6.45, 7) is 5.73. The van der Waals surface area contributed by atoms with Crippen LogP contribution in [0, 0.1) is 0 Å². The molecule has 3 amide bonds. The standard InChI is InChI=1S/C26H27N3O6/c1-3-7-19-14-18(15-21-25(31)27-29(26(21)32)20-8-5-4-6-9-20)16-22(33-2)24(19)35-17-23(30)28-10-12-34-13-11-28/h3-6,8-9,14-16H,1,7,10-13,17H2,2H3,(H,27,31)/b21-15-. The summed E-state index contributed by atoms with van der Waals surface area (Å²) in [6.07, 6.45) is 3.65. The van der Waals surface area contributed by atoms with E-state index in [2.05, 4.69) is 12.0 Å². The molecule has 2 saturated heterocycles. The molecule has 35 heavy (non-hydrogen) atoms. The average Bonchev–Trinajstić information content (AvgIpc) is 3.17. The zero-order valence-corrected chi connectivity index (χ0v) is 19.5. The Bertz CT molecular complexity index is 1160. The SMILES string of the molecule is C=CCc1cc(/C=C2/C(=O)NN(c3ccccc3)C2=O)cc(OC)c1OCC(=O)N1CCOCC1. The molecule has 0 spiro atoms. The summed E-state index contributed by atoms with van der Waals surface area (Å²) < 4.78 is 16.7. The van der Waals surface area contributed by atoms with Gasteiger partial charge in [-0.25, -0.2) is 5.01 Å². The van der Waals surface area contributed by atoms with E-state index >= 15 is 0 Å². The molecule has 182 valence electrons. The molecule has 2 aliphatic rings. The van der Waals surface area contributed by atoms with Crippen molar-refractivity contribution in [3.05, 3.63) is 71.8 Å². The highest BCUT2D eigenvalue weighted by atomic mass is 16.5. The van der Waals surface area contributed by atoms with Gasteiger partial charge in [-0.05, 0) is 42.3 Å². The van der Waals surface area contributed by atoms with Crippen LogP contribution in [0.25, 0.3) is 6.08 Å². The minimum atomic E-state index is -0.500. The monoisotopic (exact) mass is 477 g/mol. The highest BCUT2D eigenvalue weighted by Crippen LogP contribution is 2.35. The van der Waals surface area contributed by atoms with Crippen molar-refractivity contribution in [1.82, 2.24) is 10.3 Å². The zero-order valence-electron chi connectivity index (χ0n) is 19.5. The molecule has 2 aromatic carbocycles. The van der Waals surface area contributed by atoms with E-state index in [1.54, 1.807) is 47.4 Å². The summed E-state index contributed by atoms with van der Waals surface area (Å²) in [6, 6.07) is 12.3. The summed E-state index contributed by atoms with van der Waals surface area (Å²) in [5.41, 5.74) is 4.44. The van der Waals surface area contributed by atoms with Gasteiger partial charge < -0.3 is 19.1 Å². The van der Waals surface area contributed by atoms with Gasteiger partial charge in [0.05, 0.1) is 26.0 Å². The van der Waals surface area contributed by atoms with E-state index in [1.807, 2.05) is 6.07 Å². The number of nitrogens with one attached hydrogen (secondary N) is 1. The summed E-state index contributed by atoms with van der Waals surface area (Å²) in [4.78, 5) is 39.7. The first-order chi connectivity index (χ1) is 17.0. The predicted molar refractivity (Wildman–Crippen MR) is 130 cm³/mol. The lowest BCUT2D eigenvalue weighted by molar-refractivity contribution is -0.137. The fourth-order valence-corrected chi connectivity index (χ4v) is 3.91. The van der Waals surface area contributed by atoms with E-state index in [9.17, 15) is 14.4 Å². The maximum absolute atomic E-state index is 12.9. The highest BCUT2D eigenvalue weighted by Gasteiger charge is 2.34. The Balaban J connectivity index is 1.59. The van der Waals surface area contributed by atoms with Crippen molar-refractivity contribution in [2.45, 2.75) is 6.42 Å². The third-order valence-corrected chi connectivity index (χ3v) is 5.66. The van der Waals surface area contributed by atoms with Gasteiger partial charge in [-0.15, -0.1) is 6.58 Å². The first kappa shape index (κ1) is 24.0. The number of anilines is 1. The van der Waals surface area contributed by atoms with Crippen LogP contribution in [0.1, 0.15) is 11.1 Å². The van der Waals surface area contributed by atoms with E-state index < -0.39 is 11.8 Å². The van der Waals surface area contributed by atoms with Gasteiger partial charge in [0, 0.05) is 18.7 Å². The van der Waals surface area contributed by atoms with Crippen molar-refractivity contribution < 1.29 is 28.6 Å². The highest BCUT2D eigenvalue weighted by molar-refractivity contribution is 6.31. The smallest absolute Gasteiger partial charge is 0.282 e. The molecule has 0 aliphatic carbocycles. The Kier molecular flexibility index (Phi) is 7.47. The number of para-hydroxylation sites is 1. The number of methoxy groups -OCH3 is 1. The first-order valence-electron chi connectivity index (χ1n) is 11.2. The van der Waals surface area contributed by atoms with Gasteiger partial charge in [0.25, 0.3) is 17.7 Å². The number of nitrogens with zero attached hydrogens (tertiary/aromatic N) is 2. The quantitative estimate of drug-likeness (QED) is 0.355. The molecule has 0 saturated carbocycles. The lowest BCUT2D eigenvalue weighted by atomic mass is 10.0. The molecular formula is C26H27N3O6. The van der Waals surface area contributed by atoms with E-state index in [0.717, 1.165) is 0 Å². The zero-order chi connectivity index (χ0) is 24.8. The van der Waals surface area contributed by atoms with Gasteiger partial charge in [0.2, 0.25) is 0 Å². The van der Waals surface area contributed by atoms with Gasteiger partial charge in [-0.1, -0.05) is 24.3 Å². The van der Waals surface area contributed by atoms with Crippen LogP contribution >= 0.6 is 0 Å². The van der Waals surface area contributed by atoms with Crippen molar-refractivity contribution in [1.29, 1.82) is 0 Å². The van der Waals surface area contributed by atoms with E-state index in [4.69, 9.17) is 14.2 Å². The van der Waals surface area contributed by atoms with E-state index in [0.29, 0.717) is 61.0 Å². The Morgan fingerprint density at radius 3 is 2.60 bits per heavy atom. The van der Waals surface area contributed by atoms with Gasteiger partial charge in [0.15, 0.2) is 18.1 Å². The van der Waals surface area contributed by atoms with Crippen molar-refractivity contribution in [3.8, 4) is 11.5 Å². The topological polar surface area (TPSA) is 97.4 Å². The lowest BCUT2D eigenvalue weighted by Gasteiger charge is -2.27. The molecule has 0 bridgehead atoms. The number of hydrogen-bond acceptors (Lipinski definition) is 6. The summed E-state index contributed by atoms with van der Waals surface area (Å²) in [5, 5.41) is 1.21. The Morgan fingerprint density at radius 1 is 1.17 bits per heavy atom. The maximum Gasteiger partial charge on any atom is 0.282 e. The van der Waals surface area contributed by atoms with Crippen LogP contribution in [0.2, 0.25) is 0 Å². The van der Waals surface area contributed by atoms with E-state index in [1.165, 1.54) is 18.2 Å². The molecule has 4 rings (SSSR count). The van der Waals surface area contributed by atoms with Crippen molar-refractivity contribution in [2.24, 2.45) is 0 Å². The molecule has 0 atom stereocenters. The minimum absolute atomic E-state index is 0.00313. The second-order valence-corrected chi connectivity index (χ2v) is 7.96. The third-order valence-electron chi connectivity index (χ3n) is 5.66. The number of ether oxygens (including phenoxy) is 3. The second-order valence-electron chi connectivity index (χ2n) is 7.96. The number of allylic oxidation sites excluding steroid dienone is 1. The maximum atomic E-state index is 12.9. The van der Waals surface area contributed by atoms with Crippen LogP contribution in [0.4, 0.5) is 5.69 Å². The number of benzene rings is 2. The predicted octanol–water partition coefficient (Wildman–Crippen LogP) is 2.12. The largest absolute Gasteiger partial charge is 0.493 e. The fourth-order valence-electron chi connectivity index (χ4n) is 3.91. The molecule has 9 nitrogen and oxygen atoms in total. The van der Waals surface area contributed by atoms with Crippen LogP contribution in [0.15, 0.2) is 60.7 Å². The number of carbonyl (C=O) groups excluding carboxylic acids is 3. The van der Waals surface area contributed by atoms with Gasteiger partial charge in [-0.3, -0.25) is 19.8 Å². The first-order valence-corrected chi connectivity index (χ1v) is 11.2. The number of carbonyl (C=O) groups is 3. The van der Waals surface area contributed by atoms with Gasteiger partial charge in [-0.2, -0.15) is 0 Å². The number of amides is 3. The van der Waals surface area contributed by atoms with Crippen LogP contribution in [-0.2, 0) is 25.5 Å². The third kappa shape index (κ3) is 5.36. The lowest BCUT2D eigenvalue weighted by Crippen LogP contribution is -2.43. The molecule has 1 N–H and O–H groups in total. The second kappa shape index (κ2) is 10.9. The minimum Gasteiger partial charge on any atom is -0.493 e. The van der Waals surface area contributed by atoms with Crippen molar-refractivity contribution in [3.63, 3.8) is 0 Å². The Hall–Kier alpha value is -4.11.